The molecule has 6 rings (SSSR count). The molecule has 0 unspecified atom stereocenters. The van der Waals surface area contributed by atoms with Gasteiger partial charge in [-0.1, -0.05) is 25.3 Å². The normalized spacial score (nSPS) is 22.0. The summed E-state index contributed by atoms with van der Waals surface area (Å²) in [6.07, 6.45) is 12.4. The van der Waals surface area contributed by atoms with E-state index >= 15 is 0 Å². The molecule has 0 radical (unpaired) electrons. The van der Waals surface area contributed by atoms with Crippen LogP contribution >= 0.6 is 0 Å². The summed E-state index contributed by atoms with van der Waals surface area (Å²) in [5, 5.41) is 6.22. The van der Waals surface area contributed by atoms with Crippen molar-refractivity contribution in [1.82, 2.24) is 19.9 Å². The van der Waals surface area contributed by atoms with Gasteiger partial charge >= 0.3 is 0 Å². The van der Waals surface area contributed by atoms with E-state index < -0.39 is 0 Å². The van der Waals surface area contributed by atoms with E-state index in [2.05, 4.69) is 54.5 Å². The fourth-order valence-electron chi connectivity index (χ4n) is 5.60. The molecule has 33 heavy (non-hydrogen) atoms. The smallest absolute Gasteiger partial charge is 0.272 e. The number of anilines is 5. The van der Waals surface area contributed by atoms with Crippen molar-refractivity contribution >= 4 is 34.9 Å². The van der Waals surface area contributed by atoms with Gasteiger partial charge < -0.3 is 25.3 Å². The maximum Gasteiger partial charge on any atom is 0.272 e. The number of fused-ring (bicyclic) bond motifs is 4. The molecule has 0 atom stereocenters. The van der Waals surface area contributed by atoms with Gasteiger partial charge in [-0.25, -0.2) is 9.97 Å². The van der Waals surface area contributed by atoms with Crippen LogP contribution in [0.2, 0.25) is 0 Å². The van der Waals surface area contributed by atoms with Gasteiger partial charge in [-0.3, -0.25) is 4.79 Å². The van der Waals surface area contributed by atoms with E-state index in [4.69, 9.17) is 4.98 Å². The molecule has 1 saturated heterocycles. The Labute approximate surface area is 193 Å². The Morgan fingerprint density at radius 1 is 1.03 bits per heavy atom. The molecular weight excluding hydrogens is 416 g/mol. The number of hydrogen-bond acceptors (Lipinski definition) is 8. The molecule has 5 heterocycles. The van der Waals surface area contributed by atoms with Crippen LogP contribution in [0, 0.1) is 0 Å². The Balaban J connectivity index is 1.24. The summed E-state index contributed by atoms with van der Waals surface area (Å²) >= 11 is 0. The summed E-state index contributed by atoms with van der Waals surface area (Å²) in [4.78, 5) is 33.5. The fraction of sp³-hybridized carbons (Fsp3) is 0.500. The predicted molar refractivity (Wildman–Crippen MR) is 129 cm³/mol. The SMILES string of the molecule is CN1CCN(c2ccc(Nc3ncc4c(n3)N3C(=CCC35CCCCC5)C(=O)N4)nc2)CC1. The van der Waals surface area contributed by atoms with Gasteiger partial charge in [0.2, 0.25) is 5.95 Å². The van der Waals surface area contributed by atoms with E-state index in [1.54, 1.807) is 6.20 Å². The topological polar surface area (TPSA) is 89.5 Å². The number of hydrogen-bond donors (Lipinski definition) is 2. The second-order valence-corrected chi connectivity index (χ2v) is 9.62. The standard InChI is InChI=1S/C24H30N8O/c1-30-11-13-31(14-12-30)17-5-6-20(25-15-17)28-23-26-16-18-21(29-23)32-19(22(33)27-18)7-10-24(32)8-3-2-4-9-24/h5-7,15-16H,2-4,8-14H2,1H3,(H,27,33)(H,25,26,28,29). The summed E-state index contributed by atoms with van der Waals surface area (Å²) in [5.41, 5.74) is 2.50. The van der Waals surface area contributed by atoms with Crippen molar-refractivity contribution in [3.63, 3.8) is 0 Å². The van der Waals surface area contributed by atoms with Crippen LogP contribution in [0.1, 0.15) is 38.5 Å². The lowest BCUT2D eigenvalue weighted by molar-refractivity contribution is -0.113. The molecule has 2 aromatic heterocycles. The molecule has 3 aliphatic heterocycles. The molecule has 1 spiro atoms. The lowest BCUT2D eigenvalue weighted by atomic mass is 9.79. The number of likely N-dealkylation sites (N-methyl/N-ethyl adjacent to an activating group) is 1. The maximum atomic E-state index is 12.7. The molecular formula is C24H30N8O. The molecule has 9 nitrogen and oxygen atoms in total. The highest BCUT2D eigenvalue weighted by Gasteiger charge is 2.48. The number of pyridine rings is 1. The van der Waals surface area contributed by atoms with E-state index in [1.807, 2.05) is 12.3 Å². The number of aromatic nitrogens is 3. The van der Waals surface area contributed by atoms with Gasteiger partial charge in [0, 0.05) is 26.2 Å². The zero-order chi connectivity index (χ0) is 22.4. The first kappa shape index (κ1) is 20.4. The highest BCUT2D eigenvalue weighted by atomic mass is 16.2. The van der Waals surface area contributed by atoms with Crippen molar-refractivity contribution in [1.29, 1.82) is 0 Å². The number of carbonyl (C=O) groups is 1. The first-order valence-electron chi connectivity index (χ1n) is 12.0. The Kier molecular flexibility index (Phi) is 4.94. The van der Waals surface area contributed by atoms with E-state index in [0.29, 0.717) is 17.5 Å². The van der Waals surface area contributed by atoms with Crippen LogP contribution in [-0.2, 0) is 4.79 Å². The van der Waals surface area contributed by atoms with Crippen molar-refractivity contribution in [2.45, 2.75) is 44.1 Å². The first-order chi connectivity index (χ1) is 16.1. The predicted octanol–water partition coefficient (Wildman–Crippen LogP) is 3.12. The van der Waals surface area contributed by atoms with Crippen LogP contribution in [-0.4, -0.2) is 64.5 Å². The summed E-state index contributed by atoms with van der Waals surface area (Å²) in [6, 6.07) is 4.07. The summed E-state index contributed by atoms with van der Waals surface area (Å²) in [6.45, 7) is 4.15. The van der Waals surface area contributed by atoms with Gasteiger partial charge in [-0.05, 0) is 38.4 Å². The Morgan fingerprint density at radius 2 is 1.85 bits per heavy atom. The molecule has 0 bridgehead atoms. The van der Waals surface area contributed by atoms with Crippen LogP contribution in [0.15, 0.2) is 36.3 Å². The monoisotopic (exact) mass is 446 g/mol. The van der Waals surface area contributed by atoms with E-state index in [-0.39, 0.29) is 11.4 Å². The van der Waals surface area contributed by atoms with Crippen molar-refractivity contribution in [3.05, 3.63) is 36.3 Å². The van der Waals surface area contributed by atoms with Crippen LogP contribution < -0.4 is 20.4 Å². The molecule has 2 fully saturated rings. The van der Waals surface area contributed by atoms with Crippen molar-refractivity contribution in [2.24, 2.45) is 0 Å². The van der Waals surface area contributed by atoms with Crippen LogP contribution in [0.5, 0.6) is 0 Å². The molecule has 1 saturated carbocycles. The number of nitrogens with zero attached hydrogens (tertiary/aromatic N) is 6. The van der Waals surface area contributed by atoms with Gasteiger partial charge in [-0.2, -0.15) is 4.98 Å². The number of piperazine rings is 1. The highest BCUT2D eigenvalue weighted by molar-refractivity contribution is 6.12. The minimum absolute atomic E-state index is 0.0336. The molecule has 1 aliphatic carbocycles. The number of amides is 1. The van der Waals surface area contributed by atoms with Crippen molar-refractivity contribution in [2.75, 3.05) is 53.7 Å². The number of nitrogens with one attached hydrogen (secondary N) is 2. The van der Waals surface area contributed by atoms with Gasteiger partial charge in [-0.15, -0.1) is 0 Å². The Morgan fingerprint density at radius 3 is 2.61 bits per heavy atom. The quantitative estimate of drug-likeness (QED) is 0.744. The second kappa shape index (κ2) is 7.98. The van der Waals surface area contributed by atoms with Gasteiger partial charge in [0.05, 0.1) is 23.6 Å². The lowest BCUT2D eigenvalue weighted by Gasteiger charge is -2.45. The van der Waals surface area contributed by atoms with Crippen molar-refractivity contribution < 1.29 is 4.79 Å². The minimum Gasteiger partial charge on any atom is -0.368 e. The Bertz CT molecular complexity index is 1080. The summed E-state index contributed by atoms with van der Waals surface area (Å²) in [7, 11) is 2.16. The molecule has 0 aromatic carbocycles. The molecule has 4 aliphatic rings. The molecule has 172 valence electrons. The highest BCUT2D eigenvalue weighted by Crippen LogP contribution is 2.49. The van der Waals surface area contributed by atoms with E-state index in [0.717, 1.165) is 62.6 Å². The van der Waals surface area contributed by atoms with Crippen molar-refractivity contribution in [3.8, 4) is 0 Å². The molecule has 2 aromatic rings. The third-order valence-electron chi connectivity index (χ3n) is 7.49. The minimum atomic E-state index is -0.0598. The van der Waals surface area contributed by atoms with Gasteiger partial charge in [0.25, 0.3) is 5.91 Å². The average Bonchev–Trinajstić information content (AvgIpc) is 3.20. The lowest BCUT2D eigenvalue weighted by Crippen LogP contribution is -2.50. The fourth-order valence-corrected chi connectivity index (χ4v) is 5.60. The van der Waals surface area contributed by atoms with E-state index in [9.17, 15) is 4.79 Å². The average molecular weight is 447 g/mol. The number of rotatable bonds is 3. The Hall–Kier alpha value is -3.20. The van der Waals surface area contributed by atoms with Crippen LogP contribution in [0.25, 0.3) is 0 Å². The van der Waals surface area contributed by atoms with Crippen LogP contribution in [0.4, 0.5) is 29.0 Å². The number of carbonyl (C=O) groups excluding carboxylic acids is 1. The molecule has 9 heteroatoms. The maximum absolute atomic E-state index is 12.7. The zero-order valence-corrected chi connectivity index (χ0v) is 19.0. The third kappa shape index (κ3) is 3.60. The van der Waals surface area contributed by atoms with Gasteiger partial charge in [0.15, 0.2) is 5.82 Å². The van der Waals surface area contributed by atoms with Crippen LogP contribution in [0.3, 0.4) is 0 Å². The largest absolute Gasteiger partial charge is 0.368 e. The third-order valence-corrected chi connectivity index (χ3v) is 7.49. The summed E-state index contributed by atoms with van der Waals surface area (Å²) in [5.74, 6) is 1.92. The molecule has 1 amide bonds. The molecule has 2 N–H and O–H groups in total. The second-order valence-electron chi connectivity index (χ2n) is 9.62. The summed E-state index contributed by atoms with van der Waals surface area (Å²) < 4.78 is 0. The zero-order valence-electron chi connectivity index (χ0n) is 19.0. The van der Waals surface area contributed by atoms with Gasteiger partial charge in [0.1, 0.15) is 17.2 Å². The first-order valence-corrected chi connectivity index (χ1v) is 12.0. The van der Waals surface area contributed by atoms with E-state index in [1.165, 1.54) is 19.3 Å².